The van der Waals surface area contributed by atoms with Gasteiger partial charge in [0.25, 0.3) is 0 Å². The number of halogens is 2. The first-order valence-electron chi connectivity index (χ1n) is 16.1. The third-order valence-electron chi connectivity index (χ3n) is 10.4. The molecule has 4 aliphatic rings. The fourth-order valence-electron chi connectivity index (χ4n) is 8.27. The Kier molecular flexibility index (Phi) is 6.30. The quantitative estimate of drug-likeness (QED) is 0.143. The number of aromatic nitrogens is 2. The van der Waals surface area contributed by atoms with Gasteiger partial charge in [-0.15, -0.1) is 6.42 Å². The molecule has 5 heterocycles. The van der Waals surface area contributed by atoms with Gasteiger partial charge in [-0.25, -0.2) is 8.78 Å². The normalized spacial score (nSPS) is 23.0. The summed E-state index contributed by atoms with van der Waals surface area (Å²) in [4.78, 5) is 14.3. The SMILES string of the molecule is C#Cc1c(F)ccc2cc(N)cc(-c3ccc4c(N5CC6C=CC(C5)N6)nc(OCC56CCCN5Cc5ccccc56)nc4c3F)c12. The lowest BCUT2D eigenvalue weighted by Crippen LogP contribution is -2.52. The maximum absolute atomic E-state index is 17.0. The van der Waals surface area contributed by atoms with Gasteiger partial charge in [-0.05, 0) is 65.7 Å². The lowest BCUT2D eigenvalue weighted by molar-refractivity contribution is 0.0826. The van der Waals surface area contributed by atoms with Crippen molar-refractivity contribution in [3.63, 3.8) is 0 Å². The summed E-state index contributed by atoms with van der Waals surface area (Å²) in [6, 6.07) is 18.8. The number of hydrogen-bond acceptors (Lipinski definition) is 7. The fourth-order valence-corrected chi connectivity index (χ4v) is 8.27. The minimum atomic E-state index is -0.571. The highest BCUT2D eigenvalue weighted by Crippen LogP contribution is 2.47. The number of rotatable bonds is 5. The zero-order chi connectivity index (χ0) is 31.9. The molecule has 2 fully saturated rings. The standard InChI is InChI=1S/C38H32F2N6O/c1-2-27-32(39)13-8-22-16-24(41)17-30(33(22)27)28-11-12-29-35(34(28)40)43-37(44-36(29)45-19-25-9-10-26(20-45)42-25)47-21-38-14-5-15-46(38)18-23-6-3-4-7-31(23)38/h1,3-4,6-13,16-17,25-26,42H,5,14-15,18-21,41H2. The molecule has 2 saturated heterocycles. The number of piperazine rings is 1. The number of fused-ring (bicyclic) bond motifs is 7. The van der Waals surface area contributed by atoms with E-state index in [0.717, 1.165) is 25.9 Å². The maximum atomic E-state index is 17.0. The maximum Gasteiger partial charge on any atom is 0.319 e. The highest BCUT2D eigenvalue weighted by atomic mass is 19.1. The minimum Gasteiger partial charge on any atom is -0.461 e. The number of nitrogens with zero attached hydrogens (tertiary/aromatic N) is 4. The zero-order valence-electron chi connectivity index (χ0n) is 25.6. The Labute approximate surface area is 271 Å². The topological polar surface area (TPSA) is 79.5 Å². The Morgan fingerprint density at radius 2 is 1.85 bits per heavy atom. The summed E-state index contributed by atoms with van der Waals surface area (Å²) in [6.07, 6.45) is 12.1. The molecule has 47 heavy (non-hydrogen) atoms. The molecule has 0 radical (unpaired) electrons. The van der Waals surface area contributed by atoms with E-state index in [-0.39, 0.29) is 40.3 Å². The second-order valence-electron chi connectivity index (χ2n) is 13.1. The number of anilines is 2. The van der Waals surface area contributed by atoms with Gasteiger partial charge in [0, 0.05) is 53.7 Å². The Balaban J connectivity index is 1.20. The lowest BCUT2D eigenvalue weighted by atomic mass is 9.89. The summed E-state index contributed by atoms with van der Waals surface area (Å²) in [5.41, 5.74) is 9.82. The summed E-state index contributed by atoms with van der Waals surface area (Å²) in [5, 5.41) is 5.19. The van der Waals surface area contributed by atoms with Crippen molar-refractivity contribution in [1.82, 2.24) is 20.2 Å². The summed E-state index contributed by atoms with van der Waals surface area (Å²) < 4.78 is 38.5. The van der Waals surface area contributed by atoms with Crippen LogP contribution in [0.1, 0.15) is 29.5 Å². The van der Waals surface area contributed by atoms with Crippen LogP contribution in [0.2, 0.25) is 0 Å². The van der Waals surface area contributed by atoms with Crippen molar-refractivity contribution >= 4 is 33.2 Å². The number of ether oxygens (including phenoxy) is 1. The van der Waals surface area contributed by atoms with Gasteiger partial charge in [0.15, 0.2) is 5.82 Å². The van der Waals surface area contributed by atoms with Crippen LogP contribution in [-0.4, -0.2) is 53.2 Å². The number of benzene rings is 4. The fraction of sp³-hybridized carbons (Fsp3) is 0.263. The predicted molar refractivity (Wildman–Crippen MR) is 180 cm³/mol. The van der Waals surface area contributed by atoms with Crippen LogP contribution < -0.4 is 20.7 Å². The molecule has 234 valence electrons. The van der Waals surface area contributed by atoms with Crippen molar-refractivity contribution in [2.24, 2.45) is 0 Å². The van der Waals surface area contributed by atoms with Gasteiger partial charge < -0.3 is 20.7 Å². The smallest absolute Gasteiger partial charge is 0.319 e. The average molecular weight is 627 g/mol. The van der Waals surface area contributed by atoms with Crippen molar-refractivity contribution < 1.29 is 13.5 Å². The molecule has 7 nitrogen and oxygen atoms in total. The molecule has 0 spiro atoms. The molecule has 5 aromatic rings. The van der Waals surface area contributed by atoms with Crippen LogP contribution in [0.3, 0.4) is 0 Å². The van der Waals surface area contributed by atoms with Gasteiger partial charge in [0.1, 0.15) is 23.8 Å². The number of terminal acetylenes is 1. The van der Waals surface area contributed by atoms with E-state index in [2.05, 4.69) is 57.5 Å². The van der Waals surface area contributed by atoms with E-state index in [1.165, 1.54) is 17.2 Å². The van der Waals surface area contributed by atoms with Crippen LogP contribution in [0.25, 0.3) is 32.8 Å². The third-order valence-corrected chi connectivity index (χ3v) is 10.4. The van der Waals surface area contributed by atoms with Crippen molar-refractivity contribution in [1.29, 1.82) is 0 Å². The Hall–Kier alpha value is -5.04. The second kappa shape index (κ2) is 10.5. The Morgan fingerprint density at radius 3 is 2.68 bits per heavy atom. The van der Waals surface area contributed by atoms with E-state index in [1.807, 2.05) is 6.07 Å². The largest absolute Gasteiger partial charge is 0.461 e. The molecule has 9 heteroatoms. The van der Waals surface area contributed by atoms with E-state index in [1.54, 1.807) is 24.3 Å². The number of nitrogens with two attached hydrogens (primary N) is 1. The van der Waals surface area contributed by atoms with Gasteiger partial charge in [-0.2, -0.15) is 9.97 Å². The number of hydrogen-bond donors (Lipinski definition) is 2. The summed E-state index contributed by atoms with van der Waals surface area (Å²) in [5.74, 6) is 1.96. The Morgan fingerprint density at radius 1 is 1.02 bits per heavy atom. The molecule has 0 amide bonds. The van der Waals surface area contributed by atoms with Crippen LogP contribution in [0.4, 0.5) is 20.3 Å². The number of nitrogens with one attached hydrogen (secondary N) is 1. The van der Waals surface area contributed by atoms with Gasteiger partial charge in [0.2, 0.25) is 0 Å². The lowest BCUT2D eigenvalue weighted by Gasteiger charge is -2.35. The third kappa shape index (κ3) is 4.32. The van der Waals surface area contributed by atoms with Crippen LogP contribution in [0.15, 0.2) is 72.8 Å². The highest BCUT2D eigenvalue weighted by molar-refractivity contribution is 6.04. The molecule has 0 saturated carbocycles. The van der Waals surface area contributed by atoms with Gasteiger partial charge in [0.05, 0.1) is 11.1 Å². The molecular formula is C38H32F2N6O. The molecule has 3 atom stereocenters. The van der Waals surface area contributed by atoms with Gasteiger partial charge in [-0.3, -0.25) is 4.90 Å². The predicted octanol–water partition coefficient (Wildman–Crippen LogP) is 5.89. The van der Waals surface area contributed by atoms with Gasteiger partial charge in [-0.1, -0.05) is 54.5 Å². The molecular weight excluding hydrogens is 594 g/mol. The minimum absolute atomic E-state index is 0.0606. The van der Waals surface area contributed by atoms with Crippen LogP contribution in [0.5, 0.6) is 6.01 Å². The van der Waals surface area contributed by atoms with Crippen molar-refractivity contribution in [2.45, 2.75) is 37.0 Å². The van der Waals surface area contributed by atoms with Gasteiger partial charge >= 0.3 is 6.01 Å². The monoisotopic (exact) mass is 626 g/mol. The van der Waals surface area contributed by atoms with E-state index >= 15 is 4.39 Å². The molecule has 4 aliphatic heterocycles. The molecule has 9 rings (SSSR count). The average Bonchev–Trinajstić information content (AvgIpc) is 3.74. The molecule has 3 N–H and O–H groups in total. The van der Waals surface area contributed by atoms with Crippen LogP contribution in [0, 0.1) is 24.0 Å². The summed E-state index contributed by atoms with van der Waals surface area (Å²) in [7, 11) is 0. The molecule has 4 aromatic carbocycles. The second-order valence-corrected chi connectivity index (χ2v) is 13.1. The molecule has 2 bridgehead atoms. The zero-order valence-corrected chi connectivity index (χ0v) is 25.6. The molecule has 0 aliphatic carbocycles. The molecule has 3 unspecified atom stereocenters. The first-order valence-corrected chi connectivity index (χ1v) is 16.1. The van der Waals surface area contributed by atoms with Crippen molar-refractivity contribution in [2.75, 3.05) is 36.9 Å². The molecule has 1 aromatic heterocycles. The van der Waals surface area contributed by atoms with E-state index in [9.17, 15) is 4.39 Å². The van der Waals surface area contributed by atoms with Crippen molar-refractivity contribution in [3.8, 4) is 29.5 Å². The summed E-state index contributed by atoms with van der Waals surface area (Å²) >= 11 is 0. The van der Waals surface area contributed by atoms with E-state index in [4.69, 9.17) is 26.9 Å². The Bertz CT molecular complexity index is 2180. The van der Waals surface area contributed by atoms with E-state index < -0.39 is 11.6 Å². The van der Waals surface area contributed by atoms with Crippen LogP contribution >= 0.6 is 0 Å². The highest BCUT2D eigenvalue weighted by Gasteiger charge is 2.48. The summed E-state index contributed by atoms with van der Waals surface area (Å²) in [6.45, 7) is 3.59. The first kappa shape index (κ1) is 28.2. The van der Waals surface area contributed by atoms with Crippen LogP contribution in [-0.2, 0) is 12.1 Å². The van der Waals surface area contributed by atoms with Crippen molar-refractivity contribution in [3.05, 3.63) is 101 Å². The first-order chi connectivity index (χ1) is 22.9. The number of nitrogen functional groups attached to an aromatic ring is 1. The van der Waals surface area contributed by atoms with E-state index in [0.29, 0.717) is 52.9 Å².